The number of primary amides is 1. The summed E-state index contributed by atoms with van der Waals surface area (Å²) in [5, 5.41) is 4.47. The summed E-state index contributed by atoms with van der Waals surface area (Å²) in [4.78, 5) is 39.0. The van der Waals surface area contributed by atoms with Gasteiger partial charge in [-0.25, -0.2) is 0 Å². The molecular formula is C21H25N3O4S. The van der Waals surface area contributed by atoms with Crippen LogP contribution < -0.4 is 15.8 Å². The Balaban J connectivity index is 1.69. The number of thiophene rings is 1. The number of piperidine rings is 1. The number of nitrogens with one attached hydrogen (secondary N) is 1. The van der Waals surface area contributed by atoms with Gasteiger partial charge in [-0.15, -0.1) is 11.3 Å². The Morgan fingerprint density at radius 3 is 2.76 bits per heavy atom. The predicted octanol–water partition coefficient (Wildman–Crippen LogP) is 2.53. The minimum Gasteiger partial charge on any atom is -0.497 e. The number of benzene rings is 1. The summed E-state index contributed by atoms with van der Waals surface area (Å²) in [6.07, 6.45) is 1.74. The van der Waals surface area contributed by atoms with E-state index in [-0.39, 0.29) is 17.9 Å². The summed E-state index contributed by atoms with van der Waals surface area (Å²) in [6, 6.07) is 8.49. The van der Waals surface area contributed by atoms with E-state index in [1.807, 2.05) is 4.90 Å². The average Bonchev–Trinajstić information content (AvgIpc) is 3.22. The highest BCUT2D eigenvalue weighted by Crippen LogP contribution is 2.25. The molecule has 2 atom stereocenters. The van der Waals surface area contributed by atoms with E-state index in [0.717, 1.165) is 12.8 Å². The van der Waals surface area contributed by atoms with Crippen molar-refractivity contribution in [1.82, 2.24) is 10.2 Å². The highest BCUT2D eigenvalue weighted by Gasteiger charge is 2.31. The second kappa shape index (κ2) is 9.09. The maximum Gasteiger partial charge on any atom is 0.261 e. The van der Waals surface area contributed by atoms with Gasteiger partial charge < -0.3 is 20.7 Å². The lowest BCUT2D eigenvalue weighted by Crippen LogP contribution is -2.51. The zero-order valence-corrected chi connectivity index (χ0v) is 17.3. The summed E-state index contributed by atoms with van der Waals surface area (Å²) in [5.41, 5.74) is 6.13. The maximum absolute atomic E-state index is 13.1. The second-order valence-corrected chi connectivity index (χ2v) is 8.20. The molecule has 1 fully saturated rings. The normalized spacial score (nSPS) is 18.9. The quantitative estimate of drug-likeness (QED) is 0.757. The van der Waals surface area contributed by atoms with Crippen molar-refractivity contribution in [2.75, 3.05) is 20.2 Å². The van der Waals surface area contributed by atoms with E-state index in [9.17, 15) is 14.4 Å². The van der Waals surface area contributed by atoms with Gasteiger partial charge in [0.2, 0.25) is 5.91 Å². The molecule has 0 saturated carbocycles. The van der Waals surface area contributed by atoms with E-state index >= 15 is 0 Å². The van der Waals surface area contributed by atoms with E-state index in [0.29, 0.717) is 40.8 Å². The molecule has 2 aromatic rings. The highest BCUT2D eigenvalue weighted by atomic mass is 32.1. The lowest BCUT2D eigenvalue weighted by Gasteiger charge is -2.38. The van der Waals surface area contributed by atoms with Gasteiger partial charge in [0.25, 0.3) is 11.8 Å². The maximum atomic E-state index is 13.1. The standard InChI is InChI=1S/C21H25N3O4S/c1-13-6-7-24(21(27)14-4-3-5-17(9-14)28-2)16(8-13)11-23-20(26)18-10-15(12-29-18)19(22)25/h3-5,9-10,12-13,16H,6-8,11H2,1-2H3,(H2,22,25)(H,23,26)/t13-,16+/m1/s1. The molecule has 3 amide bonds. The molecule has 2 heterocycles. The molecule has 3 rings (SSSR count). The van der Waals surface area contributed by atoms with Crippen LogP contribution in [0.3, 0.4) is 0 Å². The molecule has 8 heteroatoms. The van der Waals surface area contributed by atoms with Crippen molar-refractivity contribution < 1.29 is 19.1 Å². The molecule has 1 aromatic carbocycles. The van der Waals surface area contributed by atoms with Gasteiger partial charge in [0.1, 0.15) is 5.75 Å². The third kappa shape index (κ3) is 4.95. The SMILES string of the molecule is COc1cccc(C(=O)N2CC[C@@H](C)C[C@H]2CNC(=O)c2cc(C(N)=O)cs2)c1. The Kier molecular flexibility index (Phi) is 6.53. The zero-order valence-electron chi connectivity index (χ0n) is 16.5. The first kappa shape index (κ1) is 20.9. The van der Waals surface area contributed by atoms with Gasteiger partial charge in [-0.2, -0.15) is 0 Å². The van der Waals surface area contributed by atoms with Crippen molar-refractivity contribution in [2.24, 2.45) is 11.7 Å². The van der Waals surface area contributed by atoms with Crippen LogP contribution in [0.5, 0.6) is 5.75 Å². The molecule has 1 aromatic heterocycles. The molecule has 29 heavy (non-hydrogen) atoms. The van der Waals surface area contributed by atoms with Crippen molar-refractivity contribution >= 4 is 29.1 Å². The van der Waals surface area contributed by atoms with E-state index in [1.54, 1.807) is 36.8 Å². The third-order valence-electron chi connectivity index (χ3n) is 5.16. The molecule has 0 unspecified atom stereocenters. The average molecular weight is 416 g/mol. The number of hydrogen-bond acceptors (Lipinski definition) is 5. The van der Waals surface area contributed by atoms with Crippen LogP contribution in [0, 0.1) is 5.92 Å². The van der Waals surface area contributed by atoms with E-state index in [2.05, 4.69) is 12.2 Å². The van der Waals surface area contributed by atoms with Crippen LogP contribution in [-0.2, 0) is 0 Å². The molecule has 0 bridgehead atoms. The van der Waals surface area contributed by atoms with Gasteiger partial charge in [0.05, 0.1) is 17.6 Å². The summed E-state index contributed by atoms with van der Waals surface area (Å²) in [6.45, 7) is 3.14. The number of rotatable bonds is 6. The van der Waals surface area contributed by atoms with Crippen LogP contribution in [0.15, 0.2) is 35.7 Å². The lowest BCUT2D eigenvalue weighted by molar-refractivity contribution is 0.0550. The first-order valence-electron chi connectivity index (χ1n) is 9.50. The largest absolute Gasteiger partial charge is 0.497 e. The Labute approximate surface area is 173 Å². The smallest absolute Gasteiger partial charge is 0.261 e. The topological polar surface area (TPSA) is 102 Å². The number of nitrogens with zero attached hydrogens (tertiary/aromatic N) is 1. The molecule has 1 aliphatic heterocycles. The molecule has 1 saturated heterocycles. The van der Waals surface area contributed by atoms with Crippen molar-refractivity contribution in [3.8, 4) is 5.75 Å². The summed E-state index contributed by atoms with van der Waals surface area (Å²) in [5.74, 6) is 0.205. The fourth-order valence-corrected chi connectivity index (χ4v) is 4.33. The van der Waals surface area contributed by atoms with Crippen molar-refractivity contribution in [3.05, 3.63) is 51.7 Å². The van der Waals surface area contributed by atoms with Crippen LogP contribution >= 0.6 is 11.3 Å². The number of carbonyl (C=O) groups is 3. The van der Waals surface area contributed by atoms with Gasteiger partial charge in [-0.1, -0.05) is 13.0 Å². The molecular weight excluding hydrogens is 390 g/mol. The van der Waals surface area contributed by atoms with Crippen LogP contribution in [0.4, 0.5) is 0 Å². The van der Waals surface area contributed by atoms with Crippen molar-refractivity contribution in [1.29, 1.82) is 0 Å². The Bertz CT molecular complexity index is 911. The Hall–Kier alpha value is -2.87. The van der Waals surface area contributed by atoms with Crippen LogP contribution in [0.1, 0.15) is 50.2 Å². The summed E-state index contributed by atoms with van der Waals surface area (Å²) in [7, 11) is 1.57. The number of carbonyl (C=O) groups excluding carboxylic acids is 3. The summed E-state index contributed by atoms with van der Waals surface area (Å²) < 4.78 is 5.22. The first-order chi connectivity index (χ1) is 13.9. The Morgan fingerprint density at radius 2 is 2.07 bits per heavy atom. The number of amides is 3. The second-order valence-electron chi connectivity index (χ2n) is 7.29. The minimum absolute atomic E-state index is 0.0674. The van der Waals surface area contributed by atoms with Gasteiger partial charge >= 0.3 is 0 Å². The molecule has 0 spiro atoms. The lowest BCUT2D eigenvalue weighted by atomic mass is 9.91. The number of nitrogens with two attached hydrogens (primary N) is 1. The van der Waals surface area contributed by atoms with Crippen molar-refractivity contribution in [3.63, 3.8) is 0 Å². The van der Waals surface area contributed by atoms with Crippen molar-refractivity contribution in [2.45, 2.75) is 25.8 Å². The molecule has 0 aliphatic carbocycles. The van der Waals surface area contributed by atoms with Gasteiger partial charge in [-0.3, -0.25) is 14.4 Å². The zero-order chi connectivity index (χ0) is 21.0. The number of methoxy groups -OCH3 is 1. The van der Waals surface area contributed by atoms with Gasteiger partial charge in [0, 0.05) is 30.1 Å². The van der Waals surface area contributed by atoms with E-state index in [4.69, 9.17) is 10.5 Å². The predicted molar refractivity (Wildman–Crippen MR) is 111 cm³/mol. The monoisotopic (exact) mass is 415 g/mol. The van der Waals surface area contributed by atoms with Gasteiger partial charge in [-0.05, 0) is 43.0 Å². The first-order valence-corrected chi connectivity index (χ1v) is 10.4. The number of hydrogen-bond donors (Lipinski definition) is 2. The van der Waals surface area contributed by atoms with Crippen LogP contribution in [-0.4, -0.2) is 48.9 Å². The van der Waals surface area contributed by atoms with Gasteiger partial charge in [0.15, 0.2) is 0 Å². The molecule has 0 radical (unpaired) electrons. The summed E-state index contributed by atoms with van der Waals surface area (Å²) >= 11 is 1.17. The number of likely N-dealkylation sites (tertiary alicyclic amines) is 1. The van der Waals surface area contributed by atoms with Crippen LogP contribution in [0.25, 0.3) is 0 Å². The van der Waals surface area contributed by atoms with E-state index in [1.165, 1.54) is 17.4 Å². The van der Waals surface area contributed by atoms with E-state index < -0.39 is 5.91 Å². The molecule has 154 valence electrons. The highest BCUT2D eigenvalue weighted by molar-refractivity contribution is 7.12. The van der Waals surface area contributed by atoms with Crippen LogP contribution in [0.2, 0.25) is 0 Å². The fraction of sp³-hybridized carbons (Fsp3) is 0.381. The number of ether oxygens (including phenoxy) is 1. The molecule has 3 N–H and O–H groups in total. The fourth-order valence-electron chi connectivity index (χ4n) is 3.52. The molecule has 1 aliphatic rings. The Morgan fingerprint density at radius 1 is 1.28 bits per heavy atom. The molecule has 7 nitrogen and oxygen atoms in total. The third-order valence-corrected chi connectivity index (χ3v) is 6.09. The minimum atomic E-state index is -0.559.